The number of rotatable bonds is 4. The van der Waals surface area contributed by atoms with Gasteiger partial charge in [-0.25, -0.2) is 4.98 Å². The van der Waals surface area contributed by atoms with Gasteiger partial charge in [0.15, 0.2) is 0 Å². The number of carbonyl (C=O) groups excluding carboxylic acids is 1. The number of carbonyl (C=O) groups is 1. The van der Waals surface area contributed by atoms with Crippen molar-refractivity contribution >= 4 is 17.0 Å². The SMILES string of the molecule is COC12CC3CC(C1)C(NC(=O)c1cc(-c4ccccc4)nc4onc(C)c14)C(C3)C2. The molecule has 6 heteroatoms. The summed E-state index contributed by atoms with van der Waals surface area (Å²) < 4.78 is 11.4. The molecule has 2 heterocycles. The van der Waals surface area contributed by atoms with Crippen molar-refractivity contribution in [3.05, 3.63) is 47.7 Å². The van der Waals surface area contributed by atoms with Gasteiger partial charge in [0.1, 0.15) is 0 Å². The average molecular weight is 418 g/mol. The predicted octanol–water partition coefficient (Wildman–Crippen LogP) is 4.52. The Morgan fingerprint density at radius 2 is 1.90 bits per heavy atom. The largest absolute Gasteiger partial charge is 0.378 e. The Balaban J connectivity index is 1.35. The minimum atomic E-state index is -0.0557. The normalized spacial score (nSPS) is 31.3. The van der Waals surface area contributed by atoms with Crippen molar-refractivity contribution in [1.82, 2.24) is 15.5 Å². The molecule has 7 rings (SSSR count). The quantitative estimate of drug-likeness (QED) is 0.675. The molecule has 4 bridgehead atoms. The summed E-state index contributed by atoms with van der Waals surface area (Å²) in [4.78, 5) is 18.2. The van der Waals surface area contributed by atoms with Crippen molar-refractivity contribution in [3.63, 3.8) is 0 Å². The van der Waals surface area contributed by atoms with Crippen molar-refractivity contribution in [1.29, 1.82) is 0 Å². The summed E-state index contributed by atoms with van der Waals surface area (Å²) in [6.07, 6.45) is 5.67. The monoisotopic (exact) mass is 417 g/mol. The zero-order valence-electron chi connectivity index (χ0n) is 17.9. The van der Waals surface area contributed by atoms with E-state index in [0.29, 0.717) is 34.2 Å². The summed E-state index contributed by atoms with van der Waals surface area (Å²) in [5.41, 5.74) is 3.40. The Morgan fingerprint density at radius 3 is 2.61 bits per heavy atom. The highest BCUT2D eigenvalue weighted by Crippen LogP contribution is 2.57. The lowest BCUT2D eigenvalue weighted by molar-refractivity contribution is -0.156. The fourth-order valence-electron chi connectivity index (χ4n) is 6.70. The van der Waals surface area contributed by atoms with Crippen LogP contribution >= 0.6 is 0 Å². The molecule has 0 radical (unpaired) electrons. The Kier molecular flexibility index (Phi) is 4.22. The Bertz CT molecular complexity index is 1140. The third-order valence-corrected chi connectivity index (χ3v) is 7.88. The fraction of sp³-hybridized carbons (Fsp3) is 0.480. The number of benzene rings is 1. The molecular formula is C25H27N3O3. The summed E-state index contributed by atoms with van der Waals surface area (Å²) in [5, 5.41) is 8.20. The first-order valence-corrected chi connectivity index (χ1v) is 11.2. The van der Waals surface area contributed by atoms with Gasteiger partial charge in [-0.05, 0) is 62.8 Å². The number of aromatic nitrogens is 2. The number of fused-ring (bicyclic) bond motifs is 1. The molecule has 4 aliphatic rings. The van der Waals surface area contributed by atoms with Gasteiger partial charge in [-0.1, -0.05) is 35.5 Å². The smallest absolute Gasteiger partial charge is 0.259 e. The molecule has 4 saturated carbocycles. The van der Waals surface area contributed by atoms with Crippen LogP contribution in [0.3, 0.4) is 0 Å². The predicted molar refractivity (Wildman–Crippen MR) is 117 cm³/mol. The highest BCUT2D eigenvalue weighted by molar-refractivity contribution is 6.07. The average Bonchev–Trinajstić information content (AvgIpc) is 3.16. The maximum absolute atomic E-state index is 13.6. The first-order valence-electron chi connectivity index (χ1n) is 11.2. The van der Waals surface area contributed by atoms with Crippen molar-refractivity contribution in [2.75, 3.05) is 7.11 Å². The van der Waals surface area contributed by atoms with Crippen molar-refractivity contribution in [2.24, 2.45) is 17.8 Å². The number of nitrogens with zero attached hydrogens (tertiary/aromatic N) is 2. The van der Waals surface area contributed by atoms with E-state index in [1.54, 1.807) is 0 Å². The Morgan fingerprint density at radius 1 is 1.16 bits per heavy atom. The Labute approximate surface area is 181 Å². The molecule has 1 aromatic carbocycles. The van der Waals surface area contributed by atoms with Gasteiger partial charge in [-0.15, -0.1) is 0 Å². The molecule has 160 valence electrons. The molecule has 2 atom stereocenters. The van der Waals surface area contributed by atoms with E-state index >= 15 is 0 Å². The van der Waals surface area contributed by atoms with Gasteiger partial charge < -0.3 is 14.6 Å². The maximum Gasteiger partial charge on any atom is 0.259 e. The van der Waals surface area contributed by atoms with E-state index in [9.17, 15) is 4.79 Å². The second-order valence-corrected chi connectivity index (χ2v) is 9.73. The molecule has 1 N–H and O–H groups in total. The summed E-state index contributed by atoms with van der Waals surface area (Å²) in [6, 6.07) is 12.0. The van der Waals surface area contributed by atoms with Gasteiger partial charge in [0.05, 0.1) is 27.9 Å². The van der Waals surface area contributed by atoms with E-state index < -0.39 is 0 Å². The lowest BCUT2D eigenvalue weighted by atomic mass is 9.52. The molecule has 2 aromatic heterocycles. The molecule has 2 unspecified atom stereocenters. The van der Waals surface area contributed by atoms with Gasteiger partial charge in [0.25, 0.3) is 11.6 Å². The maximum atomic E-state index is 13.6. The van der Waals surface area contributed by atoms with E-state index in [1.165, 1.54) is 19.3 Å². The molecule has 6 nitrogen and oxygen atoms in total. The Hall–Kier alpha value is -2.73. The van der Waals surface area contributed by atoms with Crippen LogP contribution in [-0.4, -0.2) is 34.8 Å². The van der Waals surface area contributed by atoms with Crippen molar-refractivity contribution < 1.29 is 14.1 Å². The summed E-state index contributed by atoms with van der Waals surface area (Å²) in [6.45, 7) is 1.86. The number of amides is 1. The van der Waals surface area contributed by atoms with Crippen molar-refractivity contribution in [3.8, 4) is 11.3 Å². The third-order valence-electron chi connectivity index (χ3n) is 7.88. The summed E-state index contributed by atoms with van der Waals surface area (Å²) in [7, 11) is 1.86. The lowest BCUT2D eigenvalue weighted by Gasteiger charge is -2.59. The number of hydrogen-bond acceptors (Lipinski definition) is 5. The molecule has 0 saturated heterocycles. The number of methoxy groups -OCH3 is 1. The van der Waals surface area contributed by atoms with E-state index in [0.717, 1.165) is 30.0 Å². The van der Waals surface area contributed by atoms with Crippen LogP contribution in [0.15, 0.2) is 40.9 Å². The van der Waals surface area contributed by atoms with Crippen LogP contribution in [0.1, 0.15) is 48.2 Å². The van der Waals surface area contributed by atoms with Crippen LogP contribution in [0, 0.1) is 24.7 Å². The van der Waals surface area contributed by atoms with Crippen LogP contribution < -0.4 is 5.32 Å². The van der Waals surface area contributed by atoms with E-state index in [2.05, 4.69) is 15.5 Å². The van der Waals surface area contributed by atoms with Crippen LogP contribution in [0.25, 0.3) is 22.4 Å². The highest BCUT2D eigenvalue weighted by atomic mass is 16.5. The van der Waals surface area contributed by atoms with Gasteiger partial charge in [0, 0.05) is 18.7 Å². The number of aryl methyl sites for hydroxylation is 1. The van der Waals surface area contributed by atoms with E-state index in [4.69, 9.17) is 9.26 Å². The molecule has 4 aliphatic carbocycles. The number of nitrogens with one attached hydrogen (secondary N) is 1. The van der Waals surface area contributed by atoms with Gasteiger partial charge in [-0.3, -0.25) is 4.79 Å². The summed E-state index contributed by atoms with van der Waals surface area (Å²) in [5.74, 6) is 1.66. The zero-order valence-corrected chi connectivity index (χ0v) is 17.9. The minimum absolute atomic E-state index is 0.0349. The van der Waals surface area contributed by atoms with E-state index in [1.807, 2.05) is 50.4 Å². The fourth-order valence-corrected chi connectivity index (χ4v) is 6.70. The minimum Gasteiger partial charge on any atom is -0.378 e. The third kappa shape index (κ3) is 2.99. The van der Waals surface area contributed by atoms with Gasteiger partial charge in [0.2, 0.25) is 0 Å². The van der Waals surface area contributed by atoms with Crippen LogP contribution in [0.4, 0.5) is 0 Å². The number of ether oxygens (including phenoxy) is 1. The van der Waals surface area contributed by atoms with Crippen LogP contribution in [0.5, 0.6) is 0 Å². The standard InChI is InChI=1S/C25H27N3O3/c1-14-21-19(10-20(26-24(21)31-28-14)16-6-4-3-5-7-16)23(29)27-22-17-8-15-9-18(22)13-25(11-15,12-17)30-2/h3-7,10,15,17-18,22H,8-9,11-13H2,1-2H3,(H,27,29). The highest BCUT2D eigenvalue weighted by Gasteiger charge is 2.56. The molecule has 0 aliphatic heterocycles. The molecular weight excluding hydrogens is 390 g/mol. The van der Waals surface area contributed by atoms with Gasteiger partial charge in [-0.2, -0.15) is 0 Å². The zero-order chi connectivity index (χ0) is 21.2. The number of pyridine rings is 1. The molecule has 3 aromatic rings. The van der Waals surface area contributed by atoms with Crippen molar-refractivity contribution in [2.45, 2.75) is 50.7 Å². The van der Waals surface area contributed by atoms with E-state index in [-0.39, 0.29) is 17.6 Å². The first kappa shape index (κ1) is 19.0. The van der Waals surface area contributed by atoms with Gasteiger partial charge >= 0.3 is 0 Å². The number of hydrogen-bond donors (Lipinski definition) is 1. The molecule has 0 spiro atoms. The molecule has 1 amide bonds. The molecule has 4 fully saturated rings. The van der Waals surface area contributed by atoms with Crippen LogP contribution in [-0.2, 0) is 4.74 Å². The lowest BCUT2D eigenvalue weighted by Crippen LogP contribution is -2.62. The topological polar surface area (TPSA) is 77.2 Å². The second-order valence-electron chi connectivity index (χ2n) is 9.73. The summed E-state index contributed by atoms with van der Waals surface area (Å²) >= 11 is 0. The first-order chi connectivity index (χ1) is 15.0. The second kappa shape index (κ2) is 6.89. The van der Waals surface area contributed by atoms with Crippen LogP contribution in [0.2, 0.25) is 0 Å². The molecule has 31 heavy (non-hydrogen) atoms.